The number of H-pyrrole nitrogens is 1. The van der Waals surface area contributed by atoms with E-state index in [1.807, 2.05) is 6.07 Å². The normalized spacial score (nSPS) is 18.9. The minimum Gasteiger partial charge on any atom is -0.497 e. The molecule has 96 valence electrons. The van der Waals surface area contributed by atoms with E-state index in [0.29, 0.717) is 6.04 Å². The van der Waals surface area contributed by atoms with E-state index in [1.165, 1.54) is 35.0 Å². The summed E-state index contributed by atoms with van der Waals surface area (Å²) in [7, 11) is 1.72. The lowest BCUT2D eigenvalue weighted by molar-refractivity contribution is 0.415. The van der Waals surface area contributed by atoms with Crippen LogP contribution in [0.5, 0.6) is 5.75 Å². The fourth-order valence-electron chi connectivity index (χ4n) is 3.05. The number of rotatable bonds is 3. The zero-order valence-electron chi connectivity index (χ0n) is 11.0. The van der Waals surface area contributed by atoms with Crippen LogP contribution in [0.4, 0.5) is 0 Å². The molecule has 0 fully saturated rings. The van der Waals surface area contributed by atoms with Crippen molar-refractivity contribution in [1.29, 1.82) is 0 Å². The Balaban J connectivity index is 2.15. The van der Waals surface area contributed by atoms with Gasteiger partial charge in [0.25, 0.3) is 0 Å². The van der Waals surface area contributed by atoms with E-state index in [2.05, 4.69) is 29.4 Å². The minimum atomic E-state index is 0.486. The van der Waals surface area contributed by atoms with Crippen molar-refractivity contribution >= 4 is 10.9 Å². The monoisotopic (exact) mass is 244 g/mol. The Kier molecular flexibility index (Phi) is 3.00. The maximum atomic E-state index is 5.34. The summed E-state index contributed by atoms with van der Waals surface area (Å²) in [5.74, 6) is 0.935. The Hall–Kier alpha value is -1.48. The van der Waals surface area contributed by atoms with E-state index in [4.69, 9.17) is 4.74 Å². The molecule has 0 amide bonds. The molecule has 0 saturated carbocycles. The first-order valence-electron chi connectivity index (χ1n) is 6.75. The first-order chi connectivity index (χ1) is 8.83. The lowest BCUT2D eigenvalue weighted by Gasteiger charge is -2.23. The first-order valence-corrected chi connectivity index (χ1v) is 6.75. The lowest BCUT2D eigenvalue weighted by Crippen LogP contribution is -2.24. The van der Waals surface area contributed by atoms with Crippen LogP contribution in [0, 0.1) is 0 Å². The number of benzene rings is 1. The van der Waals surface area contributed by atoms with E-state index in [-0.39, 0.29) is 0 Å². The number of ether oxygens (including phenoxy) is 1. The van der Waals surface area contributed by atoms with Gasteiger partial charge in [-0.15, -0.1) is 0 Å². The Bertz CT molecular complexity index is 559. The second-order valence-corrected chi connectivity index (χ2v) is 4.93. The second-order valence-electron chi connectivity index (χ2n) is 4.93. The van der Waals surface area contributed by atoms with E-state index < -0.39 is 0 Å². The van der Waals surface area contributed by atoms with Crippen LogP contribution in [-0.4, -0.2) is 18.6 Å². The summed E-state index contributed by atoms with van der Waals surface area (Å²) in [6, 6.07) is 6.78. The van der Waals surface area contributed by atoms with Crippen LogP contribution in [0.1, 0.15) is 37.1 Å². The van der Waals surface area contributed by atoms with Crippen LogP contribution in [0.15, 0.2) is 18.2 Å². The van der Waals surface area contributed by atoms with Crippen molar-refractivity contribution in [1.82, 2.24) is 10.3 Å². The molecule has 1 atom stereocenters. The topological polar surface area (TPSA) is 37.0 Å². The third-order valence-electron chi connectivity index (χ3n) is 3.85. The van der Waals surface area contributed by atoms with Gasteiger partial charge in [-0.3, -0.25) is 0 Å². The molecule has 3 rings (SSSR count). The molecule has 18 heavy (non-hydrogen) atoms. The molecule has 1 unspecified atom stereocenters. The van der Waals surface area contributed by atoms with Crippen molar-refractivity contribution in [2.75, 3.05) is 13.7 Å². The van der Waals surface area contributed by atoms with Crippen molar-refractivity contribution in [2.24, 2.45) is 0 Å². The van der Waals surface area contributed by atoms with E-state index in [9.17, 15) is 0 Å². The molecule has 1 aromatic carbocycles. The van der Waals surface area contributed by atoms with Gasteiger partial charge in [0.1, 0.15) is 5.75 Å². The maximum absolute atomic E-state index is 5.34. The number of aryl methyl sites for hydroxylation is 1. The fourth-order valence-corrected chi connectivity index (χ4v) is 3.05. The van der Waals surface area contributed by atoms with Gasteiger partial charge in [-0.1, -0.05) is 6.92 Å². The Labute approximate surface area is 108 Å². The fraction of sp³-hybridized carbons (Fsp3) is 0.467. The van der Waals surface area contributed by atoms with Crippen molar-refractivity contribution in [3.05, 3.63) is 29.5 Å². The number of nitrogens with one attached hydrogen (secondary N) is 2. The maximum Gasteiger partial charge on any atom is 0.119 e. The van der Waals surface area contributed by atoms with Gasteiger partial charge >= 0.3 is 0 Å². The van der Waals surface area contributed by atoms with Crippen LogP contribution in [0.3, 0.4) is 0 Å². The van der Waals surface area contributed by atoms with Crippen LogP contribution in [0.2, 0.25) is 0 Å². The van der Waals surface area contributed by atoms with Gasteiger partial charge in [0.2, 0.25) is 0 Å². The smallest absolute Gasteiger partial charge is 0.119 e. The first kappa shape index (κ1) is 11.6. The third-order valence-corrected chi connectivity index (χ3v) is 3.85. The number of aromatic amines is 1. The predicted octanol–water partition coefficient (Wildman–Crippen LogP) is 3.16. The molecular formula is C15H20N2O. The largest absolute Gasteiger partial charge is 0.497 e. The molecule has 2 N–H and O–H groups in total. The summed E-state index contributed by atoms with van der Waals surface area (Å²) in [5.41, 5.74) is 4.08. The molecule has 1 aliphatic rings. The van der Waals surface area contributed by atoms with Gasteiger partial charge in [-0.2, -0.15) is 0 Å². The van der Waals surface area contributed by atoms with Gasteiger partial charge in [-0.25, -0.2) is 0 Å². The zero-order chi connectivity index (χ0) is 12.5. The zero-order valence-corrected chi connectivity index (χ0v) is 11.0. The molecule has 0 aliphatic heterocycles. The molecule has 2 aromatic rings. The molecule has 0 bridgehead atoms. The average Bonchev–Trinajstić information content (AvgIpc) is 2.77. The van der Waals surface area contributed by atoms with E-state index in [0.717, 1.165) is 18.7 Å². The van der Waals surface area contributed by atoms with Gasteiger partial charge in [0.05, 0.1) is 7.11 Å². The Morgan fingerprint density at radius 1 is 1.44 bits per heavy atom. The third kappa shape index (κ3) is 1.79. The van der Waals surface area contributed by atoms with Crippen molar-refractivity contribution in [2.45, 2.75) is 32.2 Å². The highest BCUT2D eigenvalue weighted by Gasteiger charge is 2.23. The lowest BCUT2D eigenvalue weighted by atomic mass is 9.90. The molecule has 3 heteroatoms. The summed E-state index contributed by atoms with van der Waals surface area (Å²) in [6.07, 6.45) is 3.65. The highest BCUT2D eigenvalue weighted by molar-refractivity contribution is 5.86. The number of aromatic nitrogens is 1. The standard InChI is InChI=1S/C15H20N2O/c1-3-16-13-5-4-6-14-15(13)11-9-10(18-2)7-8-12(11)17-14/h7-9,13,16-17H,3-6H2,1-2H3. The molecule has 0 saturated heterocycles. The van der Waals surface area contributed by atoms with Crippen LogP contribution < -0.4 is 10.1 Å². The average molecular weight is 244 g/mol. The van der Waals surface area contributed by atoms with Crippen LogP contribution in [0.25, 0.3) is 10.9 Å². The SMILES string of the molecule is CCNC1CCCc2[nH]c3ccc(OC)cc3c21. The summed E-state index contributed by atoms with van der Waals surface area (Å²) in [5, 5.41) is 4.91. The Morgan fingerprint density at radius 2 is 2.33 bits per heavy atom. The van der Waals surface area contributed by atoms with Crippen molar-refractivity contribution in [3.63, 3.8) is 0 Å². The quantitative estimate of drug-likeness (QED) is 0.870. The number of hydrogen-bond donors (Lipinski definition) is 2. The van der Waals surface area contributed by atoms with Crippen LogP contribution in [-0.2, 0) is 6.42 Å². The predicted molar refractivity (Wildman–Crippen MR) is 74.2 cm³/mol. The summed E-state index contributed by atoms with van der Waals surface area (Å²) in [4.78, 5) is 3.56. The van der Waals surface area contributed by atoms with Gasteiger partial charge in [0.15, 0.2) is 0 Å². The molecule has 3 nitrogen and oxygen atoms in total. The molecule has 1 heterocycles. The van der Waals surface area contributed by atoms with Crippen LogP contribution >= 0.6 is 0 Å². The number of hydrogen-bond acceptors (Lipinski definition) is 2. The van der Waals surface area contributed by atoms with Gasteiger partial charge < -0.3 is 15.0 Å². The Morgan fingerprint density at radius 3 is 3.11 bits per heavy atom. The number of fused-ring (bicyclic) bond motifs is 3. The highest BCUT2D eigenvalue weighted by Crippen LogP contribution is 2.36. The minimum absolute atomic E-state index is 0.486. The van der Waals surface area contributed by atoms with Gasteiger partial charge in [-0.05, 0) is 49.6 Å². The molecule has 1 aromatic heterocycles. The second kappa shape index (κ2) is 4.65. The summed E-state index contributed by atoms with van der Waals surface area (Å²) in [6.45, 7) is 3.18. The molecular weight excluding hydrogens is 224 g/mol. The van der Waals surface area contributed by atoms with E-state index >= 15 is 0 Å². The van der Waals surface area contributed by atoms with Crippen molar-refractivity contribution in [3.8, 4) is 5.75 Å². The summed E-state index contributed by atoms with van der Waals surface area (Å²) < 4.78 is 5.34. The number of methoxy groups -OCH3 is 1. The molecule has 1 aliphatic carbocycles. The summed E-state index contributed by atoms with van der Waals surface area (Å²) >= 11 is 0. The molecule has 0 spiro atoms. The highest BCUT2D eigenvalue weighted by atomic mass is 16.5. The van der Waals surface area contributed by atoms with E-state index in [1.54, 1.807) is 7.11 Å². The molecule has 0 radical (unpaired) electrons. The van der Waals surface area contributed by atoms with Crippen molar-refractivity contribution < 1.29 is 4.74 Å². The van der Waals surface area contributed by atoms with Gasteiger partial charge in [0, 0.05) is 22.6 Å².